The van der Waals surface area contributed by atoms with Gasteiger partial charge in [-0.15, -0.1) is 0 Å². The number of pyridine rings is 1. The maximum Gasteiger partial charge on any atom is 0.171 e. The molecule has 16 heavy (non-hydrogen) atoms. The molecule has 0 fully saturated rings. The van der Waals surface area contributed by atoms with E-state index >= 15 is 0 Å². The summed E-state index contributed by atoms with van der Waals surface area (Å²) in [5, 5.41) is 0. The molecule has 1 aromatic heterocycles. The van der Waals surface area contributed by atoms with Gasteiger partial charge in [-0.1, -0.05) is 26.7 Å². The molecule has 0 aliphatic heterocycles. The molecule has 0 aliphatic rings. The van der Waals surface area contributed by atoms with Crippen LogP contribution in [0.1, 0.15) is 45.1 Å². The number of rotatable bonds is 6. The van der Waals surface area contributed by atoms with Crippen LogP contribution in [0.5, 0.6) is 0 Å². The van der Waals surface area contributed by atoms with Gasteiger partial charge in [0.1, 0.15) is 0 Å². The Morgan fingerprint density at radius 3 is 2.62 bits per heavy atom. The van der Waals surface area contributed by atoms with E-state index in [2.05, 4.69) is 49.9 Å². The van der Waals surface area contributed by atoms with Crippen molar-refractivity contribution < 1.29 is 28.5 Å². The molecular formula is C14H24IN. The van der Waals surface area contributed by atoms with E-state index in [-0.39, 0.29) is 24.0 Å². The zero-order valence-corrected chi connectivity index (χ0v) is 12.9. The lowest BCUT2D eigenvalue weighted by atomic mass is 9.99. The summed E-state index contributed by atoms with van der Waals surface area (Å²) in [5.74, 6) is 0.844. The molecule has 0 bridgehead atoms. The highest BCUT2D eigenvalue weighted by Crippen LogP contribution is 2.12. The fraction of sp³-hybridized carbons (Fsp3) is 0.643. The summed E-state index contributed by atoms with van der Waals surface area (Å²) in [6.07, 6.45) is 9.77. The summed E-state index contributed by atoms with van der Waals surface area (Å²) in [6, 6.07) is 4.30. The molecule has 1 atom stereocenters. The Morgan fingerprint density at radius 1 is 1.31 bits per heavy atom. The van der Waals surface area contributed by atoms with E-state index in [4.69, 9.17) is 0 Å². The highest BCUT2D eigenvalue weighted by Gasteiger charge is 2.11. The van der Waals surface area contributed by atoms with Crippen LogP contribution in [0.2, 0.25) is 0 Å². The summed E-state index contributed by atoms with van der Waals surface area (Å²) in [6.45, 7) is 7.91. The van der Waals surface area contributed by atoms with Gasteiger partial charge in [0, 0.05) is 17.5 Å². The first-order chi connectivity index (χ1) is 7.26. The molecule has 0 amide bonds. The van der Waals surface area contributed by atoms with Crippen LogP contribution in [0, 0.1) is 12.8 Å². The van der Waals surface area contributed by atoms with Gasteiger partial charge in [-0.25, -0.2) is 4.57 Å². The second-order valence-corrected chi connectivity index (χ2v) is 4.49. The van der Waals surface area contributed by atoms with Crippen LogP contribution in [0.25, 0.3) is 0 Å². The Balaban J connectivity index is 0.00000225. The van der Waals surface area contributed by atoms with Gasteiger partial charge in [-0.3, -0.25) is 0 Å². The van der Waals surface area contributed by atoms with E-state index in [1.165, 1.54) is 37.8 Å². The number of aryl methyl sites for hydroxylation is 1. The molecule has 0 aliphatic carbocycles. The van der Waals surface area contributed by atoms with Crippen molar-refractivity contribution in [1.82, 2.24) is 0 Å². The van der Waals surface area contributed by atoms with Crippen LogP contribution in [-0.2, 0) is 6.54 Å². The molecular weight excluding hydrogens is 309 g/mol. The Bertz CT molecular complexity index is 286. The Morgan fingerprint density at radius 2 is 2.06 bits per heavy atom. The van der Waals surface area contributed by atoms with Gasteiger partial charge < -0.3 is 24.0 Å². The number of unbranched alkanes of at least 4 members (excludes halogenated alkanes) is 1. The third kappa shape index (κ3) is 5.83. The van der Waals surface area contributed by atoms with Gasteiger partial charge in [0.15, 0.2) is 18.9 Å². The maximum atomic E-state index is 2.33. The largest absolute Gasteiger partial charge is 1.00 e. The Labute approximate surface area is 117 Å². The summed E-state index contributed by atoms with van der Waals surface area (Å²) < 4.78 is 2.33. The lowest BCUT2D eigenvalue weighted by molar-refractivity contribution is -0.703. The van der Waals surface area contributed by atoms with Gasteiger partial charge >= 0.3 is 0 Å². The molecule has 0 aromatic carbocycles. The van der Waals surface area contributed by atoms with Crippen molar-refractivity contribution in [1.29, 1.82) is 0 Å². The van der Waals surface area contributed by atoms with Crippen LogP contribution in [-0.4, -0.2) is 0 Å². The molecule has 0 radical (unpaired) electrons. The third-order valence-electron chi connectivity index (χ3n) is 3.02. The molecule has 1 heterocycles. The molecule has 0 saturated heterocycles. The van der Waals surface area contributed by atoms with Crippen molar-refractivity contribution in [3.8, 4) is 0 Å². The maximum absolute atomic E-state index is 2.33. The zero-order chi connectivity index (χ0) is 11.1. The minimum Gasteiger partial charge on any atom is -1.00 e. The SMILES string of the molecule is CCCCC(CC)C[n+]1cccc(C)c1.[I-]. The number of aromatic nitrogens is 1. The fourth-order valence-corrected chi connectivity index (χ4v) is 1.98. The van der Waals surface area contributed by atoms with E-state index in [1.54, 1.807) is 0 Å². The van der Waals surface area contributed by atoms with Crippen LogP contribution >= 0.6 is 0 Å². The van der Waals surface area contributed by atoms with E-state index in [0.29, 0.717) is 0 Å². The molecule has 92 valence electrons. The average molecular weight is 333 g/mol. The van der Waals surface area contributed by atoms with E-state index < -0.39 is 0 Å². The van der Waals surface area contributed by atoms with Crippen LogP contribution in [0.3, 0.4) is 0 Å². The van der Waals surface area contributed by atoms with Crippen molar-refractivity contribution in [2.75, 3.05) is 0 Å². The number of hydrogen-bond acceptors (Lipinski definition) is 0. The first-order valence-corrected chi connectivity index (χ1v) is 6.22. The van der Waals surface area contributed by atoms with Crippen LogP contribution in [0.15, 0.2) is 24.5 Å². The van der Waals surface area contributed by atoms with Crippen LogP contribution < -0.4 is 28.5 Å². The molecule has 0 saturated carbocycles. The number of hydrogen-bond donors (Lipinski definition) is 0. The van der Waals surface area contributed by atoms with E-state index in [0.717, 1.165) is 5.92 Å². The molecule has 0 spiro atoms. The summed E-state index contributed by atoms with van der Waals surface area (Å²) in [4.78, 5) is 0. The molecule has 1 aromatic rings. The standard InChI is InChI=1S/C14H24N.HI/c1-4-6-9-14(5-2)12-15-10-7-8-13(3)11-15;/h7-8,10-11,14H,4-6,9,12H2,1-3H3;1H/q+1;/p-1. The molecule has 0 N–H and O–H groups in total. The molecule has 2 heteroatoms. The van der Waals surface area contributed by atoms with Gasteiger partial charge in [-0.05, 0) is 25.8 Å². The minimum atomic E-state index is 0. The van der Waals surface area contributed by atoms with E-state index in [9.17, 15) is 0 Å². The second-order valence-electron chi connectivity index (χ2n) is 4.49. The van der Waals surface area contributed by atoms with E-state index in [1.807, 2.05) is 0 Å². The smallest absolute Gasteiger partial charge is 0.171 e. The Kier molecular flexibility index (Phi) is 8.90. The van der Waals surface area contributed by atoms with Crippen LogP contribution in [0.4, 0.5) is 0 Å². The lowest BCUT2D eigenvalue weighted by Gasteiger charge is -2.10. The summed E-state index contributed by atoms with van der Waals surface area (Å²) in [7, 11) is 0. The monoisotopic (exact) mass is 333 g/mol. The predicted octanol–water partition coefficient (Wildman–Crippen LogP) is 0.503. The van der Waals surface area contributed by atoms with Crippen molar-refractivity contribution in [3.63, 3.8) is 0 Å². The first-order valence-electron chi connectivity index (χ1n) is 6.22. The third-order valence-corrected chi connectivity index (χ3v) is 3.02. The lowest BCUT2D eigenvalue weighted by Crippen LogP contribution is -3.00. The highest BCUT2D eigenvalue weighted by atomic mass is 127. The average Bonchev–Trinajstić information content (AvgIpc) is 2.24. The fourth-order valence-electron chi connectivity index (χ4n) is 1.98. The summed E-state index contributed by atoms with van der Waals surface area (Å²) in [5.41, 5.74) is 1.35. The van der Waals surface area contributed by atoms with Gasteiger partial charge in [0.25, 0.3) is 0 Å². The molecule has 1 unspecified atom stereocenters. The summed E-state index contributed by atoms with van der Waals surface area (Å²) >= 11 is 0. The second kappa shape index (κ2) is 8.97. The Hall–Kier alpha value is -0.120. The van der Waals surface area contributed by atoms with Crippen molar-refractivity contribution in [3.05, 3.63) is 30.1 Å². The first kappa shape index (κ1) is 15.9. The number of halogens is 1. The quantitative estimate of drug-likeness (QED) is 0.527. The van der Waals surface area contributed by atoms with Crippen molar-refractivity contribution in [2.45, 2.75) is 53.0 Å². The van der Waals surface area contributed by atoms with Gasteiger partial charge in [0.05, 0.1) is 0 Å². The van der Waals surface area contributed by atoms with Gasteiger partial charge in [-0.2, -0.15) is 0 Å². The van der Waals surface area contributed by atoms with Gasteiger partial charge in [0.2, 0.25) is 0 Å². The normalized spacial score (nSPS) is 11.9. The highest BCUT2D eigenvalue weighted by molar-refractivity contribution is 5.01. The minimum absolute atomic E-state index is 0. The zero-order valence-electron chi connectivity index (χ0n) is 10.7. The topological polar surface area (TPSA) is 3.88 Å². The number of nitrogens with zero attached hydrogens (tertiary/aromatic N) is 1. The molecule has 1 rings (SSSR count). The van der Waals surface area contributed by atoms with Crippen molar-refractivity contribution in [2.24, 2.45) is 5.92 Å². The molecule has 1 nitrogen and oxygen atoms in total. The van der Waals surface area contributed by atoms with Crippen molar-refractivity contribution >= 4 is 0 Å². The predicted molar refractivity (Wildman–Crippen MR) is 64.7 cm³/mol.